The minimum absolute atomic E-state index is 0.214. The smallest absolute Gasteiger partial charge is 0.163 e. The van der Waals surface area contributed by atoms with Crippen molar-refractivity contribution < 1.29 is 30.0 Å². The number of allylic oxidation sites excluding steroid dienone is 2. The van der Waals surface area contributed by atoms with E-state index >= 15 is 0 Å². The highest BCUT2D eigenvalue weighted by Crippen LogP contribution is 2.30. The van der Waals surface area contributed by atoms with Crippen LogP contribution in [0.3, 0.4) is 0 Å². The molecule has 0 fully saturated rings. The van der Waals surface area contributed by atoms with Crippen molar-refractivity contribution in [2.75, 3.05) is 0 Å². The maximum absolute atomic E-state index is 11.8. The Bertz CT molecular complexity index is 886. The molecule has 0 aliphatic heterocycles. The first kappa shape index (κ1) is 18.8. The van der Waals surface area contributed by atoms with E-state index in [1.165, 1.54) is 48.6 Å². The van der Waals surface area contributed by atoms with Crippen LogP contribution in [0.4, 0.5) is 0 Å². The average molecular weight is 354 g/mol. The molecule has 2 rings (SSSR count). The summed E-state index contributed by atoms with van der Waals surface area (Å²) < 4.78 is 0. The summed E-state index contributed by atoms with van der Waals surface area (Å²) in [6.45, 7) is 1.61. The molecule has 2 aromatic rings. The number of hydrogen-bond donors (Lipinski definition) is 4. The van der Waals surface area contributed by atoms with Gasteiger partial charge in [0.1, 0.15) is 0 Å². The van der Waals surface area contributed by atoms with Crippen molar-refractivity contribution in [2.24, 2.45) is 0 Å². The van der Waals surface area contributed by atoms with Crippen LogP contribution in [0.5, 0.6) is 23.0 Å². The molecule has 0 radical (unpaired) electrons. The minimum atomic E-state index is -0.419. The standard InChI is InChI=1S/C20H18O6/c1-12-8-14(10-19(25)20(12)26)3-6-16(22)11-15(21)5-2-13-4-7-17(23)18(24)9-13/h2-10,23-26H,11H2,1H3/b5-2+,6-3+. The number of phenolic OH excluding ortho intramolecular Hbond substituents is 4. The maximum atomic E-state index is 11.8. The van der Waals surface area contributed by atoms with E-state index in [-0.39, 0.29) is 29.4 Å². The van der Waals surface area contributed by atoms with Crippen molar-refractivity contribution in [1.29, 1.82) is 0 Å². The zero-order valence-electron chi connectivity index (χ0n) is 14.0. The lowest BCUT2D eigenvalue weighted by Crippen LogP contribution is -2.01. The van der Waals surface area contributed by atoms with Gasteiger partial charge in [-0.1, -0.05) is 18.2 Å². The summed E-state index contributed by atoms with van der Waals surface area (Å²) in [6, 6.07) is 7.01. The molecular formula is C20H18O6. The highest BCUT2D eigenvalue weighted by atomic mass is 16.3. The normalized spacial score (nSPS) is 11.3. The molecule has 0 aliphatic carbocycles. The Morgan fingerprint density at radius 2 is 1.38 bits per heavy atom. The second-order valence-electron chi connectivity index (χ2n) is 5.73. The fraction of sp³-hybridized carbons (Fsp3) is 0.100. The Labute approximate surface area is 150 Å². The van der Waals surface area contributed by atoms with Crippen LogP contribution >= 0.6 is 0 Å². The molecule has 0 saturated heterocycles. The van der Waals surface area contributed by atoms with Gasteiger partial charge in [0.05, 0.1) is 6.42 Å². The molecular weight excluding hydrogens is 336 g/mol. The van der Waals surface area contributed by atoms with Crippen LogP contribution in [0.25, 0.3) is 12.2 Å². The molecule has 0 aromatic heterocycles. The number of phenols is 4. The Morgan fingerprint density at radius 3 is 1.96 bits per heavy atom. The number of ketones is 2. The van der Waals surface area contributed by atoms with Crippen molar-refractivity contribution >= 4 is 23.7 Å². The quantitative estimate of drug-likeness (QED) is 0.360. The third-order valence-electron chi connectivity index (χ3n) is 3.57. The van der Waals surface area contributed by atoms with Crippen molar-refractivity contribution in [1.82, 2.24) is 0 Å². The van der Waals surface area contributed by atoms with Gasteiger partial charge in [-0.15, -0.1) is 0 Å². The summed E-state index contributed by atoms with van der Waals surface area (Å²) >= 11 is 0. The lowest BCUT2D eigenvalue weighted by molar-refractivity contribution is -0.121. The topological polar surface area (TPSA) is 115 Å². The predicted molar refractivity (Wildman–Crippen MR) is 97.0 cm³/mol. The minimum Gasteiger partial charge on any atom is -0.504 e. The SMILES string of the molecule is Cc1cc(/C=C/C(=O)CC(=O)/C=C/c2ccc(O)c(O)c2)cc(O)c1O. The Kier molecular flexibility index (Phi) is 5.80. The Hall–Kier alpha value is -3.54. The summed E-state index contributed by atoms with van der Waals surface area (Å²) in [5.74, 6) is -1.90. The monoisotopic (exact) mass is 354 g/mol. The number of benzene rings is 2. The van der Waals surface area contributed by atoms with Crippen LogP contribution < -0.4 is 0 Å². The second-order valence-corrected chi connectivity index (χ2v) is 5.73. The predicted octanol–water partition coefficient (Wildman–Crippen LogP) is 3.07. The molecule has 26 heavy (non-hydrogen) atoms. The number of aryl methyl sites for hydroxylation is 1. The van der Waals surface area contributed by atoms with E-state index in [1.807, 2.05) is 0 Å². The summed E-state index contributed by atoms with van der Waals surface area (Å²) in [5, 5.41) is 37.6. The van der Waals surface area contributed by atoms with E-state index in [0.717, 1.165) is 0 Å². The molecule has 0 unspecified atom stereocenters. The highest BCUT2D eigenvalue weighted by Gasteiger charge is 2.06. The fourth-order valence-electron chi connectivity index (χ4n) is 2.20. The van der Waals surface area contributed by atoms with Crippen LogP contribution in [0.15, 0.2) is 42.5 Å². The largest absolute Gasteiger partial charge is 0.504 e. The Morgan fingerprint density at radius 1 is 0.808 bits per heavy atom. The van der Waals surface area contributed by atoms with E-state index in [0.29, 0.717) is 16.7 Å². The van der Waals surface area contributed by atoms with Gasteiger partial charge < -0.3 is 20.4 Å². The van der Waals surface area contributed by atoms with Gasteiger partial charge in [-0.3, -0.25) is 9.59 Å². The van der Waals surface area contributed by atoms with Crippen LogP contribution in [-0.2, 0) is 9.59 Å². The Balaban J connectivity index is 1.97. The van der Waals surface area contributed by atoms with Crippen molar-refractivity contribution in [3.63, 3.8) is 0 Å². The zero-order chi connectivity index (χ0) is 19.3. The lowest BCUT2D eigenvalue weighted by atomic mass is 10.1. The van der Waals surface area contributed by atoms with Crippen LogP contribution in [-0.4, -0.2) is 32.0 Å². The lowest BCUT2D eigenvalue weighted by Gasteiger charge is -2.03. The summed E-state index contributed by atoms with van der Waals surface area (Å²) in [6.07, 6.45) is 4.99. The van der Waals surface area contributed by atoms with E-state index in [4.69, 9.17) is 0 Å². The highest BCUT2D eigenvalue weighted by molar-refractivity contribution is 6.10. The summed E-state index contributed by atoms with van der Waals surface area (Å²) in [5.41, 5.74) is 1.49. The van der Waals surface area contributed by atoms with Gasteiger partial charge in [-0.05, 0) is 60.0 Å². The van der Waals surface area contributed by atoms with Crippen molar-refractivity contribution in [3.8, 4) is 23.0 Å². The first-order valence-electron chi connectivity index (χ1n) is 7.72. The zero-order valence-corrected chi connectivity index (χ0v) is 14.0. The number of carbonyl (C=O) groups excluding carboxylic acids is 2. The molecule has 6 heteroatoms. The molecule has 0 bridgehead atoms. The molecule has 4 N–H and O–H groups in total. The number of rotatable bonds is 6. The van der Waals surface area contributed by atoms with E-state index in [9.17, 15) is 30.0 Å². The van der Waals surface area contributed by atoms with Gasteiger partial charge in [0.25, 0.3) is 0 Å². The average Bonchev–Trinajstić information content (AvgIpc) is 2.58. The molecule has 0 heterocycles. The van der Waals surface area contributed by atoms with E-state index in [2.05, 4.69) is 0 Å². The maximum Gasteiger partial charge on any atom is 0.163 e. The third kappa shape index (κ3) is 4.98. The molecule has 0 spiro atoms. The number of carbonyl (C=O) groups is 2. The molecule has 2 aromatic carbocycles. The van der Waals surface area contributed by atoms with Crippen LogP contribution in [0.1, 0.15) is 23.1 Å². The van der Waals surface area contributed by atoms with Crippen molar-refractivity contribution in [3.05, 3.63) is 59.2 Å². The van der Waals surface area contributed by atoms with Gasteiger partial charge in [-0.25, -0.2) is 0 Å². The molecule has 6 nitrogen and oxygen atoms in total. The van der Waals surface area contributed by atoms with Gasteiger partial charge in [-0.2, -0.15) is 0 Å². The molecule has 134 valence electrons. The number of hydrogen-bond acceptors (Lipinski definition) is 6. The molecule has 0 amide bonds. The van der Waals surface area contributed by atoms with Gasteiger partial charge in [0.2, 0.25) is 0 Å². The van der Waals surface area contributed by atoms with Crippen LogP contribution in [0, 0.1) is 6.92 Å². The number of aromatic hydroxyl groups is 4. The first-order valence-corrected chi connectivity index (χ1v) is 7.72. The molecule has 0 saturated carbocycles. The van der Waals surface area contributed by atoms with Crippen molar-refractivity contribution in [2.45, 2.75) is 13.3 Å². The van der Waals surface area contributed by atoms with Gasteiger partial charge >= 0.3 is 0 Å². The second kappa shape index (κ2) is 8.02. The van der Waals surface area contributed by atoms with Gasteiger partial charge in [0, 0.05) is 0 Å². The molecule has 0 aliphatic rings. The van der Waals surface area contributed by atoms with E-state index < -0.39 is 11.6 Å². The van der Waals surface area contributed by atoms with E-state index in [1.54, 1.807) is 13.0 Å². The summed E-state index contributed by atoms with van der Waals surface area (Å²) in [4.78, 5) is 23.7. The van der Waals surface area contributed by atoms with Crippen LogP contribution in [0.2, 0.25) is 0 Å². The van der Waals surface area contributed by atoms with Gasteiger partial charge in [0.15, 0.2) is 34.6 Å². The third-order valence-corrected chi connectivity index (χ3v) is 3.57. The molecule has 0 atom stereocenters. The fourth-order valence-corrected chi connectivity index (χ4v) is 2.20. The summed E-state index contributed by atoms with van der Waals surface area (Å²) in [7, 11) is 0. The first-order chi connectivity index (χ1) is 12.3.